The first-order valence-corrected chi connectivity index (χ1v) is 11.2. The van der Waals surface area contributed by atoms with E-state index < -0.39 is 0 Å². The van der Waals surface area contributed by atoms with Crippen LogP contribution in [0, 0.1) is 11.3 Å². The van der Waals surface area contributed by atoms with Crippen molar-refractivity contribution in [1.82, 2.24) is 14.7 Å². The first-order valence-electron chi connectivity index (χ1n) is 10.8. The number of amides is 1. The maximum absolute atomic E-state index is 13.1. The van der Waals surface area contributed by atoms with Gasteiger partial charge in [-0.25, -0.2) is 0 Å². The van der Waals surface area contributed by atoms with Crippen LogP contribution in [-0.4, -0.2) is 73.7 Å². The lowest BCUT2D eigenvalue weighted by molar-refractivity contribution is -0.133. The number of benzene rings is 1. The lowest BCUT2D eigenvalue weighted by Crippen LogP contribution is -2.39. The number of likely N-dealkylation sites (N-methyl/N-ethyl adjacent to an activating group) is 1. The Morgan fingerprint density at radius 1 is 1.10 bits per heavy atom. The van der Waals surface area contributed by atoms with Crippen LogP contribution >= 0.6 is 11.6 Å². The average molecular weight is 420 g/mol. The van der Waals surface area contributed by atoms with Crippen molar-refractivity contribution in [2.45, 2.75) is 32.2 Å². The topological polar surface area (TPSA) is 45.2 Å². The Hall–Kier alpha value is -1.50. The molecule has 6 nitrogen and oxygen atoms in total. The van der Waals surface area contributed by atoms with E-state index in [2.05, 4.69) is 21.7 Å². The summed E-state index contributed by atoms with van der Waals surface area (Å²) in [5.74, 6) is 2.18. The third-order valence-electron chi connectivity index (χ3n) is 7.31. The lowest BCUT2D eigenvalue weighted by atomic mass is 9.90. The molecule has 5 rings (SSSR count). The zero-order chi connectivity index (χ0) is 20.0. The van der Waals surface area contributed by atoms with Crippen molar-refractivity contribution in [3.8, 4) is 11.5 Å². The Morgan fingerprint density at radius 3 is 2.66 bits per heavy atom. The van der Waals surface area contributed by atoms with Crippen LogP contribution in [0.3, 0.4) is 0 Å². The van der Waals surface area contributed by atoms with Crippen LogP contribution in [0.1, 0.15) is 31.2 Å². The fraction of sp³-hybridized carbons (Fsp3) is 0.682. The molecule has 29 heavy (non-hydrogen) atoms. The third-order valence-corrected chi connectivity index (χ3v) is 7.66. The molecule has 0 radical (unpaired) electrons. The molecule has 1 atom stereocenters. The summed E-state index contributed by atoms with van der Waals surface area (Å²) in [7, 11) is 2.15. The van der Waals surface area contributed by atoms with Gasteiger partial charge in [0.2, 0.25) is 12.7 Å². The van der Waals surface area contributed by atoms with Crippen LogP contribution in [0.4, 0.5) is 0 Å². The highest BCUT2D eigenvalue weighted by Crippen LogP contribution is 2.60. The molecule has 3 fully saturated rings. The van der Waals surface area contributed by atoms with Gasteiger partial charge < -0.3 is 19.3 Å². The molecule has 3 aliphatic heterocycles. The second kappa shape index (κ2) is 7.64. The number of hydrogen-bond acceptors (Lipinski definition) is 5. The summed E-state index contributed by atoms with van der Waals surface area (Å²) in [5.41, 5.74) is 1.34. The summed E-state index contributed by atoms with van der Waals surface area (Å²) >= 11 is 6.45. The Kier molecular flexibility index (Phi) is 5.13. The molecule has 1 spiro atoms. The molecule has 1 saturated carbocycles. The predicted molar refractivity (Wildman–Crippen MR) is 111 cm³/mol. The molecule has 7 heteroatoms. The Labute approximate surface area is 177 Å². The monoisotopic (exact) mass is 419 g/mol. The number of piperidine rings is 1. The van der Waals surface area contributed by atoms with Crippen molar-refractivity contribution in [1.29, 1.82) is 0 Å². The van der Waals surface area contributed by atoms with E-state index in [1.165, 1.54) is 0 Å². The summed E-state index contributed by atoms with van der Waals surface area (Å²) < 4.78 is 10.9. The van der Waals surface area contributed by atoms with Crippen molar-refractivity contribution < 1.29 is 14.3 Å². The van der Waals surface area contributed by atoms with Gasteiger partial charge in [0.15, 0.2) is 11.5 Å². The van der Waals surface area contributed by atoms with Crippen molar-refractivity contribution in [2.75, 3.05) is 53.1 Å². The van der Waals surface area contributed by atoms with Gasteiger partial charge in [0, 0.05) is 43.2 Å². The van der Waals surface area contributed by atoms with Crippen LogP contribution in [0.15, 0.2) is 12.1 Å². The third kappa shape index (κ3) is 3.82. The average Bonchev–Trinajstić information content (AvgIpc) is 3.30. The fourth-order valence-corrected chi connectivity index (χ4v) is 5.43. The van der Waals surface area contributed by atoms with E-state index in [4.69, 9.17) is 21.1 Å². The molecule has 1 unspecified atom stereocenters. The van der Waals surface area contributed by atoms with Crippen LogP contribution in [0.2, 0.25) is 5.02 Å². The summed E-state index contributed by atoms with van der Waals surface area (Å²) in [5, 5.41) is 0.736. The van der Waals surface area contributed by atoms with Crippen molar-refractivity contribution in [2.24, 2.45) is 11.3 Å². The molecule has 1 aromatic carbocycles. The molecule has 0 bridgehead atoms. The second-order valence-corrected chi connectivity index (χ2v) is 9.58. The van der Waals surface area contributed by atoms with Gasteiger partial charge in [0.1, 0.15) is 0 Å². The van der Waals surface area contributed by atoms with Gasteiger partial charge in [-0.3, -0.25) is 9.69 Å². The molecule has 2 saturated heterocycles. The predicted octanol–water partition coefficient (Wildman–Crippen LogP) is 2.83. The maximum Gasteiger partial charge on any atom is 0.231 e. The summed E-state index contributed by atoms with van der Waals surface area (Å²) in [4.78, 5) is 20.0. The molecule has 0 aromatic heterocycles. The molecule has 1 aromatic rings. The SMILES string of the molecule is CN1CCCN(C(=O)C2CC23CCN(Cc2cc4c(cc2Cl)OCO4)CC3)CC1. The first-order chi connectivity index (χ1) is 14.0. The lowest BCUT2D eigenvalue weighted by Gasteiger charge is -2.33. The highest BCUT2D eigenvalue weighted by atomic mass is 35.5. The summed E-state index contributed by atoms with van der Waals surface area (Å²) in [6.45, 7) is 7.04. The van der Waals surface area contributed by atoms with Gasteiger partial charge in [-0.15, -0.1) is 0 Å². The second-order valence-electron chi connectivity index (χ2n) is 9.17. The molecule has 1 aliphatic carbocycles. The van der Waals surface area contributed by atoms with E-state index in [1.54, 1.807) is 0 Å². The van der Waals surface area contributed by atoms with E-state index in [-0.39, 0.29) is 18.1 Å². The van der Waals surface area contributed by atoms with Gasteiger partial charge in [-0.2, -0.15) is 0 Å². The number of fused-ring (bicyclic) bond motifs is 1. The first kappa shape index (κ1) is 19.5. The highest BCUT2D eigenvalue weighted by Gasteiger charge is 2.59. The summed E-state index contributed by atoms with van der Waals surface area (Å²) in [6, 6.07) is 3.87. The van der Waals surface area contributed by atoms with Crippen LogP contribution in [-0.2, 0) is 11.3 Å². The number of carbonyl (C=O) groups excluding carboxylic acids is 1. The number of carbonyl (C=O) groups is 1. The number of rotatable bonds is 3. The number of nitrogens with zero attached hydrogens (tertiary/aromatic N) is 3. The number of likely N-dealkylation sites (tertiary alicyclic amines) is 1. The van der Waals surface area contributed by atoms with E-state index >= 15 is 0 Å². The van der Waals surface area contributed by atoms with Gasteiger partial charge in [-0.1, -0.05) is 11.6 Å². The van der Waals surface area contributed by atoms with E-state index in [1.807, 2.05) is 12.1 Å². The maximum atomic E-state index is 13.1. The number of halogens is 1. The highest BCUT2D eigenvalue weighted by molar-refractivity contribution is 6.31. The molecule has 158 valence electrons. The van der Waals surface area contributed by atoms with Gasteiger partial charge in [-0.05, 0) is 69.4 Å². The Balaban J connectivity index is 1.16. The zero-order valence-electron chi connectivity index (χ0n) is 17.2. The molecule has 4 aliphatic rings. The van der Waals surface area contributed by atoms with Crippen LogP contribution < -0.4 is 9.47 Å². The van der Waals surface area contributed by atoms with Crippen LogP contribution in [0.25, 0.3) is 0 Å². The minimum absolute atomic E-state index is 0.252. The smallest absolute Gasteiger partial charge is 0.231 e. The normalized spacial score (nSPS) is 26.6. The quantitative estimate of drug-likeness (QED) is 0.753. The van der Waals surface area contributed by atoms with E-state index in [0.717, 1.165) is 93.6 Å². The Bertz CT molecular complexity index is 794. The fourth-order valence-electron chi connectivity index (χ4n) is 5.21. The minimum Gasteiger partial charge on any atom is -0.454 e. The number of hydrogen-bond donors (Lipinski definition) is 0. The minimum atomic E-state index is 0.252. The van der Waals surface area contributed by atoms with E-state index in [9.17, 15) is 4.79 Å². The molecule has 1 amide bonds. The molecule has 0 N–H and O–H groups in total. The van der Waals surface area contributed by atoms with Gasteiger partial charge in [0.25, 0.3) is 0 Å². The molecular weight excluding hydrogens is 390 g/mol. The number of ether oxygens (including phenoxy) is 2. The zero-order valence-corrected chi connectivity index (χ0v) is 17.9. The van der Waals surface area contributed by atoms with Crippen molar-refractivity contribution >= 4 is 17.5 Å². The molecular formula is C22H30ClN3O3. The molecule has 3 heterocycles. The van der Waals surface area contributed by atoms with Crippen molar-refractivity contribution in [3.05, 3.63) is 22.7 Å². The largest absolute Gasteiger partial charge is 0.454 e. The Morgan fingerprint density at radius 2 is 1.86 bits per heavy atom. The van der Waals surface area contributed by atoms with E-state index in [0.29, 0.717) is 5.91 Å². The van der Waals surface area contributed by atoms with Gasteiger partial charge in [0.05, 0.1) is 0 Å². The summed E-state index contributed by atoms with van der Waals surface area (Å²) in [6.07, 6.45) is 4.39. The van der Waals surface area contributed by atoms with Crippen molar-refractivity contribution in [3.63, 3.8) is 0 Å². The van der Waals surface area contributed by atoms with Crippen LogP contribution in [0.5, 0.6) is 11.5 Å². The standard InChI is InChI=1S/C22H30ClN3O3/c1-24-5-2-6-26(10-9-24)21(27)17-13-22(17)3-7-25(8-4-22)14-16-11-19-20(12-18(16)23)29-15-28-19/h11-12,17H,2-10,13-15H2,1H3. The van der Waals surface area contributed by atoms with Gasteiger partial charge >= 0.3 is 0 Å².